The predicted molar refractivity (Wildman–Crippen MR) is 218 cm³/mol. The number of carboxylic acids is 2. The van der Waals surface area contributed by atoms with Gasteiger partial charge in [-0.1, -0.05) is 77.8 Å². The lowest BCUT2D eigenvalue weighted by Crippen LogP contribution is -2.66. The van der Waals surface area contributed by atoms with Gasteiger partial charge < -0.3 is 25.4 Å². The smallest absolute Gasteiger partial charge is 0.481 e. The molecule has 330 valence electrons. The summed E-state index contributed by atoms with van der Waals surface area (Å²) in [7, 11) is 0. The predicted octanol–water partition coefficient (Wildman–Crippen LogP) is 9.82. The van der Waals surface area contributed by atoms with Crippen LogP contribution in [0.4, 0.5) is 13.2 Å². The summed E-state index contributed by atoms with van der Waals surface area (Å²) in [4.78, 5) is 47.7. The van der Waals surface area contributed by atoms with Crippen molar-refractivity contribution in [2.45, 2.75) is 151 Å². The zero-order valence-electron chi connectivity index (χ0n) is 36.2. The molecule has 4 N–H and O–H groups in total. The number of aliphatic hydroxyl groups excluding tert-OH is 1. The fourth-order valence-electron chi connectivity index (χ4n) is 13.1. The summed E-state index contributed by atoms with van der Waals surface area (Å²) in [6.45, 7) is 20.7. The van der Waals surface area contributed by atoms with Gasteiger partial charge in [0.2, 0.25) is 0 Å². The third-order valence-corrected chi connectivity index (χ3v) is 16.6. The lowest BCUT2D eigenvalue weighted by Gasteiger charge is -2.72. The summed E-state index contributed by atoms with van der Waals surface area (Å²) in [6, 6.07) is 7.79. The van der Waals surface area contributed by atoms with Gasteiger partial charge in [-0.2, -0.15) is 13.2 Å². The lowest BCUT2D eigenvalue weighted by atomic mass is 9.33. The normalized spacial score (nSPS) is 34.4. The second kappa shape index (κ2) is 16.4. The van der Waals surface area contributed by atoms with E-state index in [-0.39, 0.29) is 51.8 Å². The molecule has 0 aliphatic heterocycles. The van der Waals surface area contributed by atoms with Gasteiger partial charge in [0, 0.05) is 35.4 Å². The van der Waals surface area contributed by atoms with Gasteiger partial charge in [0.25, 0.3) is 0 Å². The van der Waals surface area contributed by atoms with Crippen molar-refractivity contribution in [1.82, 2.24) is 5.32 Å². The van der Waals surface area contributed by atoms with Crippen LogP contribution >= 0.6 is 11.6 Å². The molecule has 0 bridgehead atoms. The van der Waals surface area contributed by atoms with Gasteiger partial charge in [0.05, 0.1) is 17.9 Å². The summed E-state index contributed by atoms with van der Waals surface area (Å²) < 4.78 is 37.9. The minimum atomic E-state index is -5.08. The maximum Gasteiger partial charge on any atom is 0.490 e. The molecule has 4 saturated carbocycles. The molecule has 0 aromatic heterocycles. The number of fused-ring (bicyclic) bond motifs is 7. The number of ether oxygens (including phenoxy) is 1. The van der Waals surface area contributed by atoms with Crippen LogP contribution in [-0.2, 0) is 30.5 Å². The Morgan fingerprint density at radius 2 is 1.49 bits per heavy atom. The number of alkyl halides is 3. The molecular formula is C46H65ClF3NO8. The molecule has 59 heavy (non-hydrogen) atoms. The molecule has 0 saturated heterocycles. The van der Waals surface area contributed by atoms with Crippen molar-refractivity contribution >= 4 is 35.3 Å². The first kappa shape index (κ1) is 47.1. The molecule has 4 fully saturated rings. The number of allylic oxidation sites excluding steroid dienone is 1. The SMILES string of the molecule is CC(C)C1=C2[C@H]3CC[C@@H]4[C@@]5(C)CC[C@H](OC(=O)CC(C)(C)C(=O)O)C(C)(C)[C@@H]5CC[C@@]4(C)[C@]3(C)CC[C@@]2([C@@H](O)CNCc2ccc(Cl)cc2)CC1=O.O=C(O)C(F)(F)F. The molecule has 0 heterocycles. The van der Waals surface area contributed by atoms with Crippen LogP contribution in [0.1, 0.15) is 132 Å². The van der Waals surface area contributed by atoms with E-state index in [0.717, 1.165) is 62.5 Å². The first-order valence-electron chi connectivity index (χ1n) is 21.2. The first-order valence-corrected chi connectivity index (χ1v) is 21.6. The average molecular weight is 852 g/mol. The molecule has 5 aliphatic carbocycles. The van der Waals surface area contributed by atoms with Gasteiger partial charge in [-0.25, -0.2) is 4.79 Å². The topological polar surface area (TPSA) is 150 Å². The number of carboxylic acid groups (broad SMARTS) is 2. The molecule has 0 radical (unpaired) electrons. The van der Waals surface area contributed by atoms with Crippen LogP contribution in [0.15, 0.2) is 35.4 Å². The monoisotopic (exact) mass is 851 g/mol. The number of nitrogens with one attached hydrogen (secondary N) is 1. The van der Waals surface area contributed by atoms with Crippen LogP contribution in [0.2, 0.25) is 5.02 Å². The molecular weight excluding hydrogens is 787 g/mol. The van der Waals surface area contributed by atoms with E-state index < -0.39 is 41.0 Å². The van der Waals surface area contributed by atoms with Crippen LogP contribution in [0, 0.1) is 56.2 Å². The quantitative estimate of drug-likeness (QED) is 0.169. The number of benzene rings is 1. The standard InChI is InChI=1S/C44H64ClNO6.C2HF3O2/c1-26(2)36-30(47)22-44(33(48)25-46-24-27-10-12-28(45)13-11-27)21-20-42(8)29(37(36)44)14-15-32-41(7)18-17-34(52-35(49)23-39(3,4)38(50)51)40(5,6)31(41)16-19-43(32,42)9;3-2(4,5)1(6)7/h10-13,26,29,31-34,46,48H,14-25H2,1-9H3,(H,50,51);(H,6,7)/t29-,31+,32-,33+,34+,41+,42-,43-,44+;/m1./s1. The zero-order chi connectivity index (χ0) is 44.3. The molecule has 0 spiro atoms. The zero-order valence-corrected chi connectivity index (χ0v) is 36.9. The minimum absolute atomic E-state index is 0.0141. The molecule has 13 heteroatoms. The van der Waals surface area contributed by atoms with E-state index in [2.05, 4.69) is 53.8 Å². The highest BCUT2D eigenvalue weighted by Crippen LogP contribution is 2.77. The van der Waals surface area contributed by atoms with E-state index in [4.69, 9.17) is 26.2 Å². The van der Waals surface area contributed by atoms with Crippen LogP contribution < -0.4 is 5.32 Å². The molecule has 1 aromatic carbocycles. The highest BCUT2D eigenvalue weighted by Gasteiger charge is 2.70. The first-order chi connectivity index (χ1) is 27.1. The highest BCUT2D eigenvalue weighted by atomic mass is 35.5. The van der Waals surface area contributed by atoms with Crippen molar-refractivity contribution in [3.05, 3.63) is 46.0 Å². The van der Waals surface area contributed by atoms with Crippen molar-refractivity contribution in [2.24, 2.45) is 56.2 Å². The highest BCUT2D eigenvalue weighted by molar-refractivity contribution is 6.30. The molecule has 6 rings (SSSR count). The van der Waals surface area contributed by atoms with Crippen LogP contribution in [0.5, 0.6) is 0 Å². The Morgan fingerprint density at radius 3 is 2.05 bits per heavy atom. The fraction of sp³-hybridized carbons (Fsp3) is 0.739. The van der Waals surface area contributed by atoms with Gasteiger partial charge >= 0.3 is 24.1 Å². The number of ketones is 1. The average Bonchev–Trinajstić information content (AvgIpc) is 3.43. The number of esters is 1. The van der Waals surface area contributed by atoms with Gasteiger partial charge in [-0.05, 0) is 128 Å². The number of aliphatic hydroxyl groups is 1. The number of aliphatic carboxylic acids is 2. The minimum Gasteiger partial charge on any atom is -0.481 e. The Kier molecular flexibility index (Phi) is 13.1. The summed E-state index contributed by atoms with van der Waals surface area (Å²) >= 11 is 6.10. The van der Waals surface area contributed by atoms with Crippen molar-refractivity contribution < 1.29 is 52.4 Å². The Hall–Kier alpha value is -2.96. The molecule has 1 aromatic rings. The molecule has 5 aliphatic rings. The van der Waals surface area contributed by atoms with Gasteiger partial charge in [-0.3, -0.25) is 14.4 Å². The molecule has 0 amide bonds. The number of rotatable bonds is 10. The number of carbonyl (C=O) groups excluding carboxylic acids is 2. The van der Waals surface area contributed by atoms with Crippen molar-refractivity contribution in [1.29, 1.82) is 0 Å². The van der Waals surface area contributed by atoms with Crippen molar-refractivity contribution in [3.63, 3.8) is 0 Å². The largest absolute Gasteiger partial charge is 0.490 e. The third-order valence-electron chi connectivity index (χ3n) is 16.3. The van der Waals surface area contributed by atoms with E-state index >= 15 is 0 Å². The van der Waals surface area contributed by atoms with E-state index in [1.807, 2.05) is 24.3 Å². The summed E-state index contributed by atoms with van der Waals surface area (Å²) in [5.41, 5.74) is 1.55. The number of halogens is 4. The Bertz CT molecular complexity index is 1830. The number of hydrogen-bond donors (Lipinski definition) is 4. The van der Waals surface area contributed by atoms with Crippen LogP contribution in [0.3, 0.4) is 0 Å². The Labute approximate surface area is 352 Å². The molecule has 9 atom stereocenters. The van der Waals surface area contributed by atoms with E-state index in [0.29, 0.717) is 36.4 Å². The number of carbonyl (C=O) groups is 4. The second-order valence-electron chi connectivity index (χ2n) is 20.6. The maximum atomic E-state index is 14.0. The van der Waals surface area contributed by atoms with Crippen LogP contribution in [0.25, 0.3) is 0 Å². The Balaban J connectivity index is 0.000000867. The lowest BCUT2D eigenvalue weighted by molar-refractivity contribution is -0.235. The molecule has 0 unspecified atom stereocenters. The molecule has 9 nitrogen and oxygen atoms in total. The Morgan fingerprint density at radius 1 is 0.881 bits per heavy atom. The summed E-state index contributed by atoms with van der Waals surface area (Å²) in [5.74, 6) is -2.72. The fourth-order valence-corrected chi connectivity index (χ4v) is 13.2. The van der Waals surface area contributed by atoms with Crippen molar-refractivity contribution in [3.8, 4) is 0 Å². The number of hydrogen-bond acceptors (Lipinski definition) is 7. The van der Waals surface area contributed by atoms with E-state index in [1.165, 1.54) is 5.57 Å². The van der Waals surface area contributed by atoms with E-state index in [9.17, 15) is 37.8 Å². The summed E-state index contributed by atoms with van der Waals surface area (Å²) in [5, 5.41) is 33.1. The summed E-state index contributed by atoms with van der Waals surface area (Å²) in [6.07, 6.45) is 2.09. The van der Waals surface area contributed by atoms with Gasteiger partial charge in [-0.15, -0.1) is 0 Å². The van der Waals surface area contributed by atoms with Gasteiger partial charge in [0.15, 0.2) is 5.78 Å². The second-order valence-corrected chi connectivity index (χ2v) is 21.1. The van der Waals surface area contributed by atoms with E-state index in [1.54, 1.807) is 13.8 Å². The third kappa shape index (κ3) is 8.37. The maximum absolute atomic E-state index is 14.0. The van der Waals surface area contributed by atoms with Crippen molar-refractivity contribution in [2.75, 3.05) is 6.54 Å². The number of Topliss-reactive ketones (excluding diaryl/α,β-unsaturated/α-hetero) is 1. The van der Waals surface area contributed by atoms with Crippen LogP contribution in [-0.4, -0.2) is 63.9 Å². The van der Waals surface area contributed by atoms with Gasteiger partial charge in [0.1, 0.15) is 6.10 Å².